The molecule has 32 heavy (non-hydrogen) atoms. The van der Waals surface area contributed by atoms with E-state index in [1.807, 2.05) is 0 Å². The van der Waals surface area contributed by atoms with Gasteiger partial charge in [0.15, 0.2) is 0 Å². The Morgan fingerprint density at radius 1 is 1.06 bits per heavy atom. The quantitative estimate of drug-likeness (QED) is 0.231. The van der Waals surface area contributed by atoms with Crippen molar-refractivity contribution in [1.29, 1.82) is 0 Å². The number of piperidine rings is 1. The molecule has 2 aliphatic rings. The molecule has 3 rings (SSSR count). The molecule has 1 saturated heterocycles. The Hall–Kier alpha value is -1.03. The molecule has 0 aliphatic carbocycles. The molecule has 1 aromatic rings. The summed E-state index contributed by atoms with van der Waals surface area (Å²) in [5, 5.41) is 3.71. The van der Waals surface area contributed by atoms with Crippen LogP contribution in [0.2, 0.25) is 3.43 Å². The van der Waals surface area contributed by atoms with E-state index in [2.05, 4.69) is 68.4 Å². The van der Waals surface area contributed by atoms with Crippen LogP contribution in [0.3, 0.4) is 0 Å². The summed E-state index contributed by atoms with van der Waals surface area (Å²) in [6, 6.07) is 10.7. The summed E-state index contributed by atoms with van der Waals surface area (Å²) < 4.78 is 8.26. The normalized spacial score (nSPS) is 23.2. The first-order chi connectivity index (χ1) is 15.6. The van der Waals surface area contributed by atoms with Crippen LogP contribution < -0.4 is 5.32 Å². The van der Waals surface area contributed by atoms with E-state index in [9.17, 15) is 4.79 Å². The molecule has 0 saturated carbocycles. The zero-order chi connectivity index (χ0) is 22.9. The van der Waals surface area contributed by atoms with Gasteiger partial charge in [-0.3, -0.25) is 0 Å². The van der Waals surface area contributed by atoms with Crippen LogP contribution in [0.5, 0.6) is 0 Å². The van der Waals surface area contributed by atoms with Gasteiger partial charge in [0.1, 0.15) is 0 Å². The van der Waals surface area contributed by atoms with Crippen LogP contribution in [0.25, 0.3) is 0 Å². The van der Waals surface area contributed by atoms with Gasteiger partial charge in [-0.05, 0) is 0 Å². The Labute approximate surface area is 205 Å². The van der Waals surface area contributed by atoms with E-state index in [-0.39, 0.29) is 6.04 Å². The predicted octanol–water partition coefficient (Wildman–Crippen LogP) is 6.91. The summed E-state index contributed by atoms with van der Waals surface area (Å²) in [7, 11) is 0. The van der Waals surface area contributed by atoms with Gasteiger partial charge in [-0.15, -0.1) is 0 Å². The third-order valence-electron chi connectivity index (χ3n) is 7.16. The third kappa shape index (κ3) is 6.10. The van der Waals surface area contributed by atoms with E-state index in [0.717, 1.165) is 19.4 Å². The maximum absolute atomic E-state index is 12.1. The molecule has 2 heterocycles. The first-order valence-corrected chi connectivity index (χ1v) is 15.7. The molecule has 1 fully saturated rings. The second kappa shape index (κ2) is 12.4. The van der Waals surface area contributed by atoms with Crippen molar-refractivity contribution in [3.63, 3.8) is 0 Å². The monoisotopic (exact) mass is 543 g/mol. The zero-order valence-electron chi connectivity index (χ0n) is 20.3. The Morgan fingerprint density at radius 2 is 1.69 bits per heavy atom. The van der Waals surface area contributed by atoms with E-state index < -0.39 is 26.7 Å². The number of ether oxygens (including phenoxy) is 1. The van der Waals surface area contributed by atoms with Gasteiger partial charge in [0.25, 0.3) is 0 Å². The fourth-order valence-electron chi connectivity index (χ4n) is 5.39. The Bertz CT molecular complexity index is 777. The minimum atomic E-state index is -1.06. The molecule has 1 spiro atoms. The second-order valence-corrected chi connectivity index (χ2v) is 14.9. The van der Waals surface area contributed by atoms with Gasteiger partial charge in [0, 0.05) is 0 Å². The Morgan fingerprint density at radius 3 is 2.25 bits per heavy atom. The number of allylic oxidation sites excluding steroid dienone is 1. The summed E-state index contributed by atoms with van der Waals surface area (Å²) in [6.07, 6.45) is 16.0. The fourth-order valence-corrected chi connectivity index (χ4v) is 11.1. The van der Waals surface area contributed by atoms with Gasteiger partial charge in [-0.2, -0.15) is 0 Å². The van der Waals surface area contributed by atoms with Crippen molar-refractivity contribution in [2.45, 2.75) is 106 Å². The third-order valence-corrected chi connectivity index (χ3v) is 12.6. The molecule has 0 aromatic heterocycles. The number of carbonyl (C=O) groups excluding carboxylic acids is 1. The number of hydrogen-bond donors (Lipinski definition) is 1. The summed E-state index contributed by atoms with van der Waals surface area (Å²) >= 11 is -1.06. The van der Waals surface area contributed by atoms with Crippen LogP contribution in [-0.4, -0.2) is 39.2 Å². The van der Waals surface area contributed by atoms with Crippen LogP contribution in [0.1, 0.15) is 103 Å². The topological polar surface area (TPSA) is 38.3 Å². The van der Waals surface area contributed by atoms with Crippen molar-refractivity contribution >= 4 is 27.1 Å². The standard InChI is InChI=1S/C15H14NO2.C13H27.Sn/c17-11-13-7-9-15(18-13)8-4-10-16-14(15)12-5-2-1-3-6-12;1-4-7-10-13(11-8-5-2)12-9-6-3;/h1-3,5-6,9,14,16H,4,8,10H2;4-12H2,1-3H3;. The molecule has 2 unspecified atom stereocenters. The molecule has 1 N–H and O–H groups in total. The molecule has 4 heteroatoms. The van der Waals surface area contributed by atoms with Crippen LogP contribution in [0, 0.1) is 0 Å². The van der Waals surface area contributed by atoms with E-state index in [4.69, 9.17) is 4.74 Å². The molecule has 0 amide bonds. The number of unbranched alkanes of at least 4 members (excludes halogenated alkanes) is 3. The first kappa shape index (κ1) is 25.6. The number of benzene rings is 1. The average Bonchev–Trinajstić information content (AvgIpc) is 3.17. The van der Waals surface area contributed by atoms with Crippen LogP contribution in [-0.2, 0) is 9.53 Å². The average molecular weight is 542 g/mol. The van der Waals surface area contributed by atoms with Gasteiger partial charge in [-0.25, -0.2) is 0 Å². The summed E-state index contributed by atoms with van der Waals surface area (Å²) in [5.41, 5.74) is 0.809. The number of rotatable bonds is 12. The molecular formula is C28H41NO2Sn. The van der Waals surface area contributed by atoms with Crippen LogP contribution in [0.15, 0.2) is 45.8 Å². The summed E-state index contributed by atoms with van der Waals surface area (Å²) in [5.74, 6) is 2.78. The molecule has 2 aliphatic heterocycles. The van der Waals surface area contributed by atoms with Crippen molar-refractivity contribution in [3.05, 3.63) is 51.3 Å². The number of hydrogen-bond acceptors (Lipinski definition) is 3. The van der Waals surface area contributed by atoms with Crippen LogP contribution >= 0.6 is 0 Å². The van der Waals surface area contributed by atoms with Gasteiger partial charge < -0.3 is 0 Å². The second-order valence-electron chi connectivity index (χ2n) is 9.66. The van der Waals surface area contributed by atoms with Crippen molar-refractivity contribution in [3.8, 4) is 0 Å². The van der Waals surface area contributed by atoms with Crippen molar-refractivity contribution < 1.29 is 9.53 Å². The fraction of sp³-hybridized carbons (Fsp3) is 0.643. The molecule has 3 nitrogen and oxygen atoms in total. The van der Waals surface area contributed by atoms with Gasteiger partial charge >= 0.3 is 206 Å². The SMILES string of the molecule is CCCC[C](CCCC)(CCCC)[Sn][C]1=CC2(CCCNC2c2ccccc2)OC1=C=O. The van der Waals surface area contributed by atoms with Crippen molar-refractivity contribution in [2.24, 2.45) is 0 Å². The molecule has 1 aromatic carbocycles. The minimum absolute atomic E-state index is 0.0917. The Balaban J connectivity index is 1.95. The zero-order valence-corrected chi connectivity index (χ0v) is 23.2. The molecular weight excluding hydrogens is 501 g/mol. The van der Waals surface area contributed by atoms with E-state index in [0.29, 0.717) is 9.19 Å². The Kier molecular flexibility index (Phi) is 9.95. The number of nitrogens with one attached hydrogen (secondary N) is 1. The van der Waals surface area contributed by atoms with Crippen molar-refractivity contribution in [2.75, 3.05) is 6.54 Å². The molecule has 2 atom stereocenters. The molecule has 2 radical (unpaired) electrons. The summed E-state index contributed by atoms with van der Waals surface area (Å²) in [4.78, 5) is 12.1. The van der Waals surface area contributed by atoms with E-state index in [1.165, 1.54) is 66.9 Å². The van der Waals surface area contributed by atoms with Gasteiger partial charge in [-0.1, -0.05) is 0 Å². The molecule has 174 valence electrons. The van der Waals surface area contributed by atoms with Gasteiger partial charge in [0.05, 0.1) is 0 Å². The predicted molar refractivity (Wildman–Crippen MR) is 135 cm³/mol. The first-order valence-electron chi connectivity index (χ1n) is 12.9. The van der Waals surface area contributed by atoms with Gasteiger partial charge in [0.2, 0.25) is 0 Å². The molecule has 0 bridgehead atoms. The van der Waals surface area contributed by atoms with E-state index >= 15 is 0 Å². The maximum atomic E-state index is 12.1. The van der Waals surface area contributed by atoms with Crippen LogP contribution in [0.4, 0.5) is 0 Å². The summed E-state index contributed by atoms with van der Waals surface area (Å²) in [6.45, 7) is 7.90. The van der Waals surface area contributed by atoms with Crippen molar-refractivity contribution in [1.82, 2.24) is 5.32 Å². The van der Waals surface area contributed by atoms with E-state index in [1.54, 1.807) is 0 Å².